The molecule has 1 saturated heterocycles. The van der Waals surface area contributed by atoms with Crippen LogP contribution < -0.4 is 15.1 Å². The van der Waals surface area contributed by atoms with E-state index in [1.807, 2.05) is 37.3 Å². The Morgan fingerprint density at radius 2 is 1.93 bits per heavy atom. The highest BCUT2D eigenvalue weighted by Crippen LogP contribution is 2.23. The van der Waals surface area contributed by atoms with Gasteiger partial charge in [0.25, 0.3) is 0 Å². The number of carbonyl (C=O) groups excluding carboxylic acids is 1. The second-order valence-corrected chi connectivity index (χ2v) is 8.28. The number of anilines is 2. The minimum Gasteiger partial charge on any atom is -0.368 e. The fourth-order valence-corrected chi connectivity index (χ4v) is 3.79. The molecular formula is C20H26ClN5OS. The summed E-state index contributed by atoms with van der Waals surface area (Å²) in [5, 5.41) is 13.1. The third-order valence-electron chi connectivity index (χ3n) is 4.77. The van der Waals surface area contributed by atoms with Crippen molar-refractivity contribution in [2.45, 2.75) is 31.3 Å². The predicted molar refractivity (Wildman–Crippen MR) is 117 cm³/mol. The number of piperazine rings is 1. The largest absolute Gasteiger partial charge is 0.368 e. The fourth-order valence-electron chi connectivity index (χ4n) is 2.98. The van der Waals surface area contributed by atoms with Crippen LogP contribution in [0.5, 0.6) is 0 Å². The second-order valence-electron chi connectivity index (χ2n) is 6.85. The van der Waals surface area contributed by atoms with E-state index in [4.69, 9.17) is 11.6 Å². The number of hydrogen-bond acceptors (Lipinski definition) is 6. The van der Waals surface area contributed by atoms with Gasteiger partial charge in [-0.2, -0.15) is 0 Å². The van der Waals surface area contributed by atoms with Crippen molar-refractivity contribution in [3.05, 3.63) is 41.4 Å². The lowest BCUT2D eigenvalue weighted by atomic mass is 10.2. The maximum absolute atomic E-state index is 11.9. The Morgan fingerprint density at radius 1 is 1.18 bits per heavy atom. The first-order chi connectivity index (χ1) is 13.5. The number of carbonyl (C=O) groups is 1. The highest BCUT2D eigenvalue weighted by molar-refractivity contribution is 7.99. The molecule has 2 heterocycles. The Labute approximate surface area is 175 Å². The van der Waals surface area contributed by atoms with Gasteiger partial charge in [0.2, 0.25) is 5.91 Å². The molecule has 150 valence electrons. The predicted octanol–water partition coefficient (Wildman–Crippen LogP) is 3.46. The van der Waals surface area contributed by atoms with Gasteiger partial charge in [0.1, 0.15) is 5.03 Å². The lowest BCUT2D eigenvalue weighted by molar-refractivity contribution is -0.119. The van der Waals surface area contributed by atoms with Crippen LogP contribution in [0.4, 0.5) is 11.5 Å². The molecule has 2 aromatic rings. The van der Waals surface area contributed by atoms with Crippen LogP contribution in [-0.4, -0.2) is 54.1 Å². The number of aromatic nitrogens is 2. The molecule has 1 N–H and O–H groups in total. The molecule has 28 heavy (non-hydrogen) atoms. The van der Waals surface area contributed by atoms with Crippen LogP contribution >= 0.6 is 23.4 Å². The van der Waals surface area contributed by atoms with Crippen molar-refractivity contribution in [2.24, 2.45) is 0 Å². The average Bonchev–Trinajstić information content (AvgIpc) is 2.72. The molecule has 0 spiro atoms. The number of amides is 1. The van der Waals surface area contributed by atoms with E-state index in [-0.39, 0.29) is 11.9 Å². The van der Waals surface area contributed by atoms with Gasteiger partial charge in [-0.15, -0.1) is 10.2 Å². The SMILES string of the molecule is CCC(C)NC(=O)CSc1ccc(N2CCN(c3cccc(Cl)c3)CC2)nn1. The van der Waals surface area contributed by atoms with Crippen LogP contribution in [0.1, 0.15) is 20.3 Å². The Balaban J connectivity index is 1.48. The summed E-state index contributed by atoms with van der Waals surface area (Å²) >= 11 is 7.51. The lowest BCUT2D eigenvalue weighted by Crippen LogP contribution is -2.46. The van der Waals surface area contributed by atoms with Gasteiger partial charge in [-0.1, -0.05) is 36.4 Å². The summed E-state index contributed by atoms with van der Waals surface area (Å²) in [7, 11) is 0. The number of halogens is 1. The first-order valence-corrected chi connectivity index (χ1v) is 10.9. The minimum absolute atomic E-state index is 0.0300. The van der Waals surface area contributed by atoms with E-state index in [9.17, 15) is 4.79 Å². The Kier molecular flexibility index (Phi) is 7.39. The highest BCUT2D eigenvalue weighted by Gasteiger charge is 2.19. The van der Waals surface area contributed by atoms with Crippen LogP contribution in [0.3, 0.4) is 0 Å². The van der Waals surface area contributed by atoms with Gasteiger partial charge in [-0.25, -0.2) is 0 Å². The number of hydrogen-bond donors (Lipinski definition) is 1. The van der Waals surface area contributed by atoms with Crippen LogP contribution in [0, 0.1) is 0 Å². The average molecular weight is 420 g/mol. The quantitative estimate of drug-likeness (QED) is 0.693. The van der Waals surface area contributed by atoms with Gasteiger partial charge >= 0.3 is 0 Å². The Morgan fingerprint density at radius 3 is 2.57 bits per heavy atom. The van der Waals surface area contributed by atoms with Gasteiger partial charge in [0.05, 0.1) is 5.75 Å². The van der Waals surface area contributed by atoms with E-state index in [1.165, 1.54) is 11.8 Å². The summed E-state index contributed by atoms with van der Waals surface area (Å²) in [5.41, 5.74) is 1.15. The van der Waals surface area contributed by atoms with Crippen LogP contribution in [0.25, 0.3) is 0 Å². The number of nitrogens with one attached hydrogen (secondary N) is 1. The van der Waals surface area contributed by atoms with Gasteiger partial charge in [-0.3, -0.25) is 4.79 Å². The Hall–Kier alpha value is -1.99. The third-order valence-corrected chi connectivity index (χ3v) is 5.93. The van der Waals surface area contributed by atoms with Crippen molar-refractivity contribution < 1.29 is 4.79 Å². The molecule has 1 aromatic heterocycles. The molecule has 0 aliphatic carbocycles. The maximum Gasteiger partial charge on any atom is 0.230 e. The molecule has 0 bridgehead atoms. The molecule has 1 aliphatic heterocycles. The van der Waals surface area contributed by atoms with Gasteiger partial charge < -0.3 is 15.1 Å². The molecule has 1 fully saturated rings. The third kappa shape index (κ3) is 5.75. The van der Waals surface area contributed by atoms with Crippen LogP contribution in [-0.2, 0) is 4.79 Å². The normalized spacial score (nSPS) is 15.4. The molecule has 1 aliphatic rings. The van der Waals surface area contributed by atoms with E-state index in [2.05, 4.69) is 38.3 Å². The number of nitrogens with zero attached hydrogens (tertiary/aromatic N) is 4. The van der Waals surface area contributed by atoms with E-state index in [0.29, 0.717) is 5.75 Å². The second kappa shape index (κ2) is 9.98. The number of rotatable bonds is 7. The minimum atomic E-state index is 0.0300. The van der Waals surface area contributed by atoms with E-state index in [0.717, 1.165) is 54.2 Å². The first-order valence-electron chi connectivity index (χ1n) is 9.56. The van der Waals surface area contributed by atoms with Crippen molar-refractivity contribution in [1.29, 1.82) is 0 Å². The summed E-state index contributed by atoms with van der Waals surface area (Å²) in [6.45, 7) is 7.64. The highest BCUT2D eigenvalue weighted by atomic mass is 35.5. The summed E-state index contributed by atoms with van der Waals surface area (Å²) in [5.74, 6) is 1.26. The van der Waals surface area contributed by atoms with Crippen molar-refractivity contribution in [3.8, 4) is 0 Å². The van der Waals surface area contributed by atoms with E-state index >= 15 is 0 Å². The summed E-state index contributed by atoms with van der Waals surface area (Å²) in [6, 6.07) is 12.1. The lowest BCUT2D eigenvalue weighted by Gasteiger charge is -2.36. The molecule has 0 radical (unpaired) electrons. The van der Waals surface area contributed by atoms with Crippen molar-refractivity contribution in [1.82, 2.24) is 15.5 Å². The van der Waals surface area contributed by atoms with E-state index in [1.54, 1.807) is 0 Å². The van der Waals surface area contributed by atoms with Gasteiger partial charge in [0, 0.05) is 42.9 Å². The zero-order valence-electron chi connectivity index (χ0n) is 16.3. The number of thioether (sulfide) groups is 1. The molecule has 1 aromatic carbocycles. The van der Waals surface area contributed by atoms with Crippen LogP contribution in [0.15, 0.2) is 41.4 Å². The molecule has 1 atom stereocenters. The molecule has 3 rings (SSSR count). The van der Waals surface area contributed by atoms with Gasteiger partial charge in [-0.05, 0) is 43.7 Å². The monoisotopic (exact) mass is 419 g/mol. The summed E-state index contributed by atoms with van der Waals surface area (Å²) in [6.07, 6.45) is 0.926. The molecule has 6 nitrogen and oxygen atoms in total. The topological polar surface area (TPSA) is 61.4 Å². The summed E-state index contributed by atoms with van der Waals surface area (Å²) in [4.78, 5) is 16.4. The molecule has 1 amide bonds. The smallest absolute Gasteiger partial charge is 0.230 e. The van der Waals surface area contributed by atoms with Crippen molar-refractivity contribution in [3.63, 3.8) is 0 Å². The van der Waals surface area contributed by atoms with Crippen molar-refractivity contribution in [2.75, 3.05) is 41.7 Å². The molecule has 0 saturated carbocycles. The molecule has 8 heteroatoms. The maximum atomic E-state index is 11.9. The Bertz CT molecular complexity index is 780. The van der Waals surface area contributed by atoms with Gasteiger partial charge in [0.15, 0.2) is 5.82 Å². The standard InChI is InChI=1S/C20H26ClN5OS/c1-3-15(2)22-19(27)14-28-20-8-7-18(23-24-20)26-11-9-25(10-12-26)17-6-4-5-16(21)13-17/h4-8,13,15H,3,9-12,14H2,1-2H3,(H,22,27). The fraction of sp³-hybridized carbons (Fsp3) is 0.450. The van der Waals surface area contributed by atoms with E-state index < -0.39 is 0 Å². The molecule has 1 unspecified atom stereocenters. The zero-order chi connectivity index (χ0) is 19.9. The van der Waals surface area contributed by atoms with Crippen molar-refractivity contribution >= 4 is 40.8 Å². The number of benzene rings is 1. The summed E-state index contributed by atoms with van der Waals surface area (Å²) < 4.78 is 0. The zero-order valence-corrected chi connectivity index (χ0v) is 17.8. The molecular weight excluding hydrogens is 394 g/mol. The van der Waals surface area contributed by atoms with Crippen LogP contribution in [0.2, 0.25) is 5.02 Å². The first kappa shape index (κ1) is 20.7.